The predicted octanol–water partition coefficient (Wildman–Crippen LogP) is 0.491. The van der Waals surface area contributed by atoms with E-state index in [0.717, 1.165) is 25.4 Å². The molecule has 0 bridgehead atoms. The minimum absolute atomic E-state index is 0.0271. The SMILES string of the molecule is CC(C)C1(c2nc(CCO)no2)CCNC1. The lowest BCUT2D eigenvalue weighted by Gasteiger charge is -2.28. The largest absolute Gasteiger partial charge is 0.396 e. The van der Waals surface area contributed by atoms with Crippen LogP contribution in [0, 0.1) is 5.92 Å². The number of hydrogen-bond acceptors (Lipinski definition) is 5. The molecule has 90 valence electrons. The van der Waals surface area contributed by atoms with Crippen molar-refractivity contribution in [3.05, 3.63) is 11.7 Å². The fourth-order valence-corrected chi connectivity index (χ4v) is 2.29. The lowest BCUT2D eigenvalue weighted by Crippen LogP contribution is -2.35. The topological polar surface area (TPSA) is 71.2 Å². The van der Waals surface area contributed by atoms with Crippen molar-refractivity contribution < 1.29 is 9.63 Å². The molecular formula is C11H19N3O2. The van der Waals surface area contributed by atoms with Crippen molar-refractivity contribution in [2.75, 3.05) is 19.7 Å². The Balaban J connectivity index is 2.25. The van der Waals surface area contributed by atoms with E-state index in [4.69, 9.17) is 9.63 Å². The summed E-state index contributed by atoms with van der Waals surface area (Å²) in [5.41, 5.74) is -0.0271. The van der Waals surface area contributed by atoms with Gasteiger partial charge < -0.3 is 14.9 Å². The molecule has 0 amide bonds. The first kappa shape index (κ1) is 11.5. The monoisotopic (exact) mass is 225 g/mol. The summed E-state index contributed by atoms with van der Waals surface area (Å²) in [5.74, 6) is 1.78. The third-order valence-corrected chi connectivity index (χ3v) is 3.52. The second kappa shape index (κ2) is 4.51. The molecule has 16 heavy (non-hydrogen) atoms. The molecule has 0 radical (unpaired) electrons. The summed E-state index contributed by atoms with van der Waals surface area (Å²) in [6.07, 6.45) is 1.50. The molecule has 0 aromatic carbocycles. The van der Waals surface area contributed by atoms with Gasteiger partial charge >= 0.3 is 0 Å². The van der Waals surface area contributed by atoms with Gasteiger partial charge in [-0.2, -0.15) is 4.98 Å². The van der Waals surface area contributed by atoms with Crippen LogP contribution in [0.5, 0.6) is 0 Å². The van der Waals surface area contributed by atoms with Crippen molar-refractivity contribution in [3.63, 3.8) is 0 Å². The quantitative estimate of drug-likeness (QED) is 0.780. The second-order valence-corrected chi connectivity index (χ2v) is 4.73. The third kappa shape index (κ3) is 1.85. The van der Waals surface area contributed by atoms with Gasteiger partial charge in [0, 0.05) is 13.0 Å². The number of aromatic nitrogens is 2. The molecule has 5 nitrogen and oxygen atoms in total. The molecule has 1 aromatic heterocycles. The van der Waals surface area contributed by atoms with E-state index >= 15 is 0 Å². The first-order valence-corrected chi connectivity index (χ1v) is 5.83. The number of nitrogens with zero attached hydrogens (tertiary/aromatic N) is 2. The molecule has 1 unspecified atom stereocenters. The highest BCUT2D eigenvalue weighted by molar-refractivity contribution is 5.11. The number of aliphatic hydroxyl groups excluding tert-OH is 1. The van der Waals surface area contributed by atoms with Crippen LogP contribution in [0.15, 0.2) is 4.52 Å². The Hall–Kier alpha value is -0.940. The number of nitrogens with one attached hydrogen (secondary N) is 1. The Bertz CT molecular complexity index is 343. The van der Waals surface area contributed by atoms with Crippen LogP contribution in [0.1, 0.15) is 32.0 Å². The van der Waals surface area contributed by atoms with Gasteiger partial charge in [0.05, 0.1) is 12.0 Å². The van der Waals surface area contributed by atoms with E-state index in [1.165, 1.54) is 0 Å². The zero-order valence-corrected chi connectivity index (χ0v) is 9.86. The van der Waals surface area contributed by atoms with Crippen LogP contribution in [0.25, 0.3) is 0 Å². The summed E-state index contributed by atoms with van der Waals surface area (Å²) in [4.78, 5) is 4.40. The van der Waals surface area contributed by atoms with E-state index in [1.807, 2.05) is 0 Å². The van der Waals surface area contributed by atoms with E-state index in [1.54, 1.807) is 0 Å². The standard InChI is InChI=1S/C11H19N3O2/c1-8(2)11(4-5-12-7-11)10-13-9(3-6-15)14-16-10/h8,12,15H,3-7H2,1-2H3. The average Bonchev–Trinajstić information content (AvgIpc) is 2.85. The molecule has 0 aliphatic carbocycles. The van der Waals surface area contributed by atoms with Crippen LogP contribution in [-0.4, -0.2) is 34.9 Å². The molecule has 5 heteroatoms. The van der Waals surface area contributed by atoms with Crippen molar-refractivity contribution in [3.8, 4) is 0 Å². The molecule has 2 N–H and O–H groups in total. The first-order chi connectivity index (χ1) is 7.69. The maximum atomic E-state index is 8.83. The van der Waals surface area contributed by atoms with Gasteiger partial charge in [0.25, 0.3) is 0 Å². The molecule has 0 saturated carbocycles. The van der Waals surface area contributed by atoms with Gasteiger partial charge in [0.15, 0.2) is 5.82 Å². The Morgan fingerprint density at radius 2 is 2.38 bits per heavy atom. The average molecular weight is 225 g/mol. The van der Waals surface area contributed by atoms with Gasteiger partial charge in [0.2, 0.25) is 5.89 Å². The fraction of sp³-hybridized carbons (Fsp3) is 0.818. The molecule has 2 heterocycles. The number of rotatable bonds is 4. The van der Waals surface area contributed by atoms with E-state index < -0.39 is 0 Å². The van der Waals surface area contributed by atoms with Crippen LogP contribution in [0.2, 0.25) is 0 Å². The second-order valence-electron chi connectivity index (χ2n) is 4.73. The van der Waals surface area contributed by atoms with E-state index in [9.17, 15) is 0 Å². The summed E-state index contributed by atoms with van der Waals surface area (Å²) in [6, 6.07) is 0. The highest BCUT2D eigenvalue weighted by Gasteiger charge is 2.43. The van der Waals surface area contributed by atoms with Gasteiger partial charge in [-0.3, -0.25) is 0 Å². The van der Waals surface area contributed by atoms with Crippen molar-refractivity contribution in [2.45, 2.75) is 32.1 Å². The molecular weight excluding hydrogens is 206 g/mol. The minimum Gasteiger partial charge on any atom is -0.396 e. The molecule has 1 aliphatic heterocycles. The summed E-state index contributed by atoms with van der Waals surface area (Å²) in [5, 5.41) is 16.1. The van der Waals surface area contributed by atoms with Crippen LogP contribution >= 0.6 is 0 Å². The van der Waals surface area contributed by atoms with Crippen molar-refractivity contribution >= 4 is 0 Å². The van der Waals surface area contributed by atoms with Crippen LogP contribution in [0.4, 0.5) is 0 Å². The smallest absolute Gasteiger partial charge is 0.234 e. The van der Waals surface area contributed by atoms with Gasteiger partial charge in [-0.15, -0.1) is 0 Å². The van der Waals surface area contributed by atoms with Crippen molar-refractivity contribution in [2.24, 2.45) is 5.92 Å². The van der Waals surface area contributed by atoms with Crippen LogP contribution < -0.4 is 5.32 Å². The van der Waals surface area contributed by atoms with Gasteiger partial charge in [-0.1, -0.05) is 19.0 Å². The number of hydrogen-bond donors (Lipinski definition) is 2. The zero-order chi connectivity index (χ0) is 11.6. The lowest BCUT2D eigenvalue weighted by molar-refractivity contribution is 0.233. The molecule has 1 saturated heterocycles. The van der Waals surface area contributed by atoms with E-state index in [2.05, 4.69) is 29.3 Å². The van der Waals surface area contributed by atoms with Gasteiger partial charge in [-0.25, -0.2) is 0 Å². The van der Waals surface area contributed by atoms with Crippen LogP contribution in [-0.2, 0) is 11.8 Å². The van der Waals surface area contributed by atoms with Gasteiger partial charge in [-0.05, 0) is 18.9 Å². The first-order valence-electron chi connectivity index (χ1n) is 5.83. The molecule has 1 atom stereocenters. The molecule has 2 rings (SSSR count). The van der Waals surface area contributed by atoms with Gasteiger partial charge in [0.1, 0.15) is 0 Å². The summed E-state index contributed by atoms with van der Waals surface area (Å²) < 4.78 is 5.35. The molecule has 1 aliphatic rings. The zero-order valence-electron chi connectivity index (χ0n) is 9.86. The predicted molar refractivity (Wildman–Crippen MR) is 59.1 cm³/mol. The Morgan fingerprint density at radius 1 is 1.56 bits per heavy atom. The Labute approximate surface area is 95.2 Å². The Kier molecular flexibility index (Phi) is 3.25. The summed E-state index contributed by atoms with van der Waals surface area (Å²) in [6.45, 7) is 6.32. The van der Waals surface area contributed by atoms with Crippen molar-refractivity contribution in [1.29, 1.82) is 0 Å². The Morgan fingerprint density at radius 3 is 2.94 bits per heavy atom. The fourth-order valence-electron chi connectivity index (χ4n) is 2.29. The maximum Gasteiger partial charge on any atom is 0.234 e. The minimum atomic E-state index is -0.0271. The third-order valence-electron chi connectivity index (χ3n) is 3.52. The van der Waals surface area contributed by atoms with E-state index in [-0.39, 0.29) is 12.0 Å². The number of aliphatic hydroxyl groups is 1. The van der Waals surface area contributed by atoms with Crippen LogP contribution in [0.3, 0.4) is 0 Å². The summed E-state index contributed by atoms with van der Waals surface area (Å²) in [7, 11) is 0. The molecule has 1 fully saturated rings. The maximum absolute atomic E-state index is 8.83. The normalized spacial score (nSPS) is 25.5. The highest BCUT2D eigenvalue weighted by Crippen LogP contribution is 2.36. The van der Waals surface area contributed by atoms with Crippen molar-refractivity contribution in [1.82, 2.24) is 15.5 Å². The molecule has 0 spiro atoms. The highest BCUT2D eigenvalue weighted by atomic mass is 16.5. The molecule has 1 aromatic rings. The summed E-state index contributed by atoms with van der Waals surface area (Å²) >= 11 is 0. The lowest BCUT2D eigenvalue weighted by atomic mass is 9.76. The van der Waals surface area contributed by atoms with E-state index in [0.29, 0.717) is 18.2 Å².